The number of carboxylic acids is 1. The van der Waals surface area contributed by atoms with Crippen LogP contribution >= 0.6 is 0 Å². The normalized spacial score (nSPS) is 31.6. The van der Waals surface area contributed by atoms with Crippen molar-refractivity contribution >= 4 is 5.97 Å². The van der Waals surface area contributed by atoms with Crippen LogP contribution in [0.4, 0.5) is 0 Å². The third kappa shape index (κ3) is 2.99. The average molecular weight is 241 g/mol. The van der Waals surface area contributed by atoms with Crippen molar-refractivity contribution in [3.8, 4) is 0 Å². The Morgan fingerprint density at radius 3 is 2.47 bits per heavy atom. The lowest BCUT2D eigenvalue weighted by Gasteiger charge is -2.41. The van der Waals surface area contributed by atoms with Crippen molar-refractivity contribution in [2.75, 3.05) is 20.3 Å². The maximum absolute atomic E-state index is 11.3. The number of ether oxygens (including phenoxy) is 1. The summed E-state index contributed by atoms with van der Waals surface area (Å²) in [4.78, 5) is 13.6. The quantitative estimate of drug-likeness (QED) is 0.817. The molecular weight excluding hydrogens is 218 g/mol. The van der Waals surface area contributed by atoms with Crippen LogP contribution in [-0.4, -0.2) is 48.3 Å². The van der Waals surface area contributed by atoms with Gasteiger partial charge in [0.25, 0.3) is 0 Å². The summed E-state index contributed by atoms with van der Waals surface area (Å²) in [7, 11) is 2.10. The smallest absolute Gasteiger partial charge is 0.308 e. The van der Waals surface area contributed by atoms with Gasteiger partial charge in [-0.15, -0.1) is 0 Å². The Morgan fingerprint density at radius 1 is 1.18 bits per heavy atom. The van der Waals surface area contributed by atoms with E-state index in [0.717, 1.165) is 45.3 Å². The van der Waals surface area contributed by atoms with Gasteiger partial charge in [0.15, 0.2) is 0 Å². The van der Waals surface area contributed by atoms with Gasteiger partial charge in [-0.1, -0.05) is 12.8 Å². The first-order valence-electron chi connectivity index (χ1n) is 6.72. The van der Waals surface area contributed by atoms with Crippen molar-refractivity contribution in [2.45, 2.75) is 50.6 Å². The minimum atomic E-state index is -0.617. The molecular formula is C13H23NO3. The second-order valence-corrected chi connectivity index (χ2v) is 5.31. The standard InChI is InChI=1S/C13H23NO3/c1-14(10-6-8-17-9-7-10)12-5-3-2-4-11(12)13(15)16/h10-12H,2-9H2,1H3,(H,15,16). The molecule has 0 aromatic rings. The minimum Gasteiger partial charge on any atom is -0.481 e. The number of carbonyl (C=O) groups is 1. The number of rotatable bonds is 3. The molecule has 1 aliphatic carbocycles. The third-order valence-electron chi connectivity index (χ3n) is 4.34. The zero-order chi connectivity index (χ0) is 12.3. The van der Waals surface area contributed by atoms with Crippen LogP contribution in [0.15, 0.2) is 0 Å². The Balaban J connectivity index is 1.99. The fourth-order valence-electron chi connectivity index (χ4n) is 3.25. The van der Waals surface area contributed by atoms with E-state index in [1.54, 1.807) is 0 Å². The molecule has 0 bridgehead atoms. The molecule has 4 nitrogen and oxygen atoms in total. The van der Waals surface area contributed by atoms with Crippen molar-refractivity contribution in [3.05, 3.63) is 0 Å². The molecule has 2 atom stereocenters. The molecule has 0 spiro atoms. The largest absolute Gasteiger partial charge is 0.481 e. The highest BCUT2D eigenvalue weighted by atomic mass is 16.5. The molecule has 0 radical (unpaired) electrons. The Kier molecular flexibility index (Phi) is 4.40. The first kappa shape index (κ1) is 12.8. The van der Waals surface area contributed by atoms with Crippen LogP contribution in [0.25, 0.3) is 0 Å². The molecule has 2 fully saturated rings. The molecule has 1 aliphatic heterocycles. The second kappa shape index (κ2) is 5.83. The highest BCUT2D eigenvalue weighted by Crippen LogP contribution is 2.30. The number of aliphatic carboxylic acids is 1. The van der Waals surface area contributed by atoms with Crippen LogP contribution in [0.2, 0.25) is 0 Å². The molecule has 2 rings (SSSR count). The van der Waals surface area contributed by atoms with Crippen molar-refractivity contribution in [1.29, 1.82) is 0 Å². The van der Waals surface area contributed by atoms with Crippen molar-refractivity contribution in [2.24, 2.45) is 5.92 Å². The van der Waals surface area contributed by atoms with Gasteiger partial charge < -0.3 is 9.84 Å². The number of nitrogens with zero attached hydrogens (tertiary/aromatic N) is 1. The summed E-state index contributed by atoms with van der Waals surface area (Å²) in [6.45, 7) is 1.64. The second-order valence-electron chi connectivity index (χ2n) is 5.31. The van der Waals surface area contributed by atoms with Gasteiger partial charge in [-0.25, -0.2) is 0 Å². The molecule has 2 unspecified atom stereocenters. The number of carboxylic acid groups (broad SMARTS) is 1. The van der Waals surface area contributed by atoms with E-state index in [1.807, 2.05) is 0 Å². The fraction of sp³-hybridized carbons (Fsp3) is 0.923. The van der Waals surface area contributed by atoms with Crippen LogP contribution in [0.1, 0.15) is 38.5 Å². The summed E-state index contributed by atoms with van der Waals surface area (Å²) in [6.07, 6.45) is 6.19. The van der Waals surface area contributed by atoms with Gasteiger partial charge in [-0.2, -0.15) is 0 Å². The lowest BCUT2D eigenvalue weighted by Crippen LogP contribution is -2.49. The van der Waals surface area contributed by atoms with Crippen molar-refractivity contribution < 1.29 is 14.6 Å². The van der Waals surface area contributed by atoms with Gasteiger partial charge in [0.2, 0.25) is 0 Å². The van der Waals surface area contributed by atoms with Crippen molar-refractivity contribution in [3.63, 3.8) is 0 Å². The molecule has 1 N–H and O–H groups in total. The van der Waals surface area contributed by atoms with E-state index in [1.165, 1.54) is 6.42 Å². The van der Waals surface area contributed by atoms with Gasteiger partial charge in [-0.05, 0) is 32.7 Å². The van der Waals surface area contributed by atoms with Crippen LogP contribution in [0, 0.1) is 5.92 Å². The van der Waals surface area contributed by atoms with E-state index in [0.29, 0.717) is 6.04 Å². The average Bonchev–Trinajstić information content (AvgIpc) is 2.39. The fourth-order valence-corrected chi connectivity index (χ4v) is 3.25. The zero-order valence-corrected chi connectivity index (χ0v) is 10.6. The highest BCUT2D eigenvalue weighted by molar-refractivity contribution is 5.71. The van der Waals surface area contributed by atoms with Crippen LogP contribution in [0.5, 0.6) is 0 Å². The van der Waals surface area contributed by atoms with E-state index in [-0.39, 0.29) is 12.0 Å². The summed E-state index contributed by atoms with van der Waals surface area (Å²) in [6, 6.07) is 0.734. The van der Waals surface area contributed by atoms with E-state index in [9.17, 15) is 9.90 Å². The third-order valence-corrected chi connectivity index (χ3v) is 4.34. The molecule has 1 heterocycles. The van der Waals surface area contributed by atoms with Gasteiger partial charge in [-0.3, -0.25) is 9.69 Å². The number of hydrogen-bond acceptors (Lipinski definition) is 3. The topological polar surface area (TPSA) is 49.8 Å². The van der Waals surface area contributed by atoms with Crippen LogP contribution < -0.4 is 0 Å². The Morgan fingerprint density at radius 2 is 1.82 bits per heavy atom. The first-order valence-corrected chi connectivity index (χ1v) is 6.72. The summed E-state index contributed by atoms with van der Waals surface area (Å²) >= 11 is 0. The van der Waals surface area contributed by atoms with E-state index in [4.69, 9.17) is 4.74 Å². The Hall–Kier alpha value is -0.610. The monoisotopic (exact) mass is 241 g/mol. The maximum Gasteiger partial charge on any atom is 0.308 e. The SMILES string of the molecule is CN(C1CCOCC1)C1CCCCC1C(=O)O. The summed E-state index contributed by atoms with van der Waals surface area (Å²) in [5, 5.41) is 9.30. The van der Waals surface area contributed by atoms with Gasteiger partial charge in [0.05, 0.1) is 5.92 Å². The van der Waals surface area contributed by atoms with Crippen molar-refractivity contribution in [1.82, 2.24) is 4.90 Å². The molecule has 0 aromatic carbocycles. The Labute approximate surface area is 103 Å². The summed E-state index contributed by atoms with van der Waals surface area (Å²) in [5.74, 6) is -0.787. The molecule has 0 aromatic heterocycles. The minimum absolute atomic E-state index is 0.170. The van der Waals surface area contributed by atoms with Gasteiger partial charge in [0, 0.05) is 25.3 Å². The lowest BCUT2D eigenvalue weighted by atomic mass is 9.82. The van der Waals surface area contributed by atoms with Gasteiger partial charge >= 0.3 is 5.97 Å². The predicted octanol–water partition coefficient (Wildman–Crippen LogP) is 1.74. The van der Waals surface area contributed by atoms with E-state index in [2.05, 4.69) is 11.9 Å². The lowest BCUT2D eigenvalue weighted by molar-refractivity contribution is -0.146. The van der Waals surface area contributed by atoms with Gasteiger partial charge in [0.1, 0.15) is 0 Å². The van der Waals surface area contributed by atoms with E-state index < -0.39 is 5.97 Å². The Bertz CT molecular complexity index is 263. The van der Waals surface area contributed by atoms with E-state index >= 15 is 0 Å². The zero-order valence-electron chi connectivity index (χ0n) is 10.6. The molecule has 98 valence electrons. The van der Waals surface area contributed by atoms with Crippen LogP contribution in [-0.2, 0) is 9.53 Å². The first-order chi connectivity index (χ1) is 8.20. The van der Waals surface area contributed by atoms with Crippen LogP contribution in [0.3, 0.4) is 0 Å². The summed E-state index contributed by atoms with van der Waals surface area (Å²) < 4.78 is 5.37. The molecule has 2 aliphatic rings. The molecule has 0 amide bonds. The molecule has 4 heteroatoms. The summed E-state index contributed by atoms with van der Waals surface area (Å²) in [5.41, 5.74) is 0. The number of hydrogen-bond donors (Lipinski definition) is 1. The predicted molar refractivity (Wildman–Crippen MR) is 65.0 cm³/mol. The highest BCUT2D eigenvalue weighted by Gasteiger charge is 2.36. The molecule has 17 heavy (non-hydrogen) atoms. The molecule has 1 saturated heterocycles. The maximum atomic E-state index is 11.3. The molecule has 1 saturated carbocycles.